The first-order chi connectivity index (χ1) is 14.1. The Balaban J connectivity index is 1.66. The Bertz CT molecular complexity index is 1280. The number of amides is 1. The highest BCUT2D eigenvalue weighted by Crippen LogP contribution is 2.13. The van der Waals surface area contributed by atoms with Gasteiger partial charge in [0.2, 0.25) is 0 Å². The standard InChI is InChI=1S/C20H16N6O3/c27-18-8-7-16(23-24-18)19(28)22-11-17-14-5-1-2-6-15(14)20(29)26(25-17)12-13-4-3-9-21-10-13/h1-10H,11-12H2,(H,22,28)(H,24,27). The van der Waals surface area contributed by atoms with Crippen LogP contribution >= 0.6 is 0 Å². The van der Waals surface area contributed by atoms with Crippen molar-refractivity contribution < 1.29 is 4.79 Å². The van der Waals surface area contributed by atoms with Crippen LogP contribution in [0.2, 0.25) is 0 Å². The van der Waals surface area contributed by atoms with Crippen LogP contribution in [0.1, 0.15) is 21.7 Å². The summed E-state index contributed by atoms with van der Waals surface area (Å²) in [6, 6.07) is 13.3. The molecular formula is C20H16N6O3. The summed E-state index contributed by atoms with van der Waals surface area (Å²) in [5.74, 6) is -0.461. The van der Waals surface area contributed by atoms with Crippen molar-refractivity contribution in [1.82, 2.24) is 30.3 Å². The van der Waals surface area contributed by atoms with E-state index in [1.807, 2.05) is 12.1 Å². The van der Waals surface area contributed by atoms with Crippen molar-refractivity contribution >= 4 is 16.7 Å². The van der Waals surface area contributed by atoms with Crippen LogP contribution in [0.4, 0.5) is 0 Å². The summed E-state index contributed by atoms with van der Waals surface area (Å²) in [5.41, 5.74) is 0.850. The van der Waals surface area contributed by atoms with E-state index < -0.39 is 11.5 Å². The summed E-state index contributed by atoms with van der Waals surface area (Å²) in [4.78, 5) is 40.3. The van der Waals surface area contributed by atoms with Crippen molar-refractivity contribution in [1.29, 1.82) is 0 Å². The summed E-state index contributed by atoms with van der Waals surface area (Å²) in [6.07, 6.45) is 3.33. The highest BCUT2D eigenvalue weighted by atomic mass is 16.2. The van der Waals surface area contributed by atoms with Crippen LogP contribution in [0.5, 0.6) is 0 Å². The van der Waals surface area contributed by atoms with E-state index in [1.165, 1.54) is 16.8 Å². The molecule has 0 saturated heterocycles. The van der Waals surface area contributed by atoms with Gasteiger partial charge in [-0.1, -0.05) is 24.3 Å². The van der Waals surface area contributed by atoms with Gasteiger partial charge in [-0.25, -0.2) is 9.78 Å². The minimum atomic E-state index is -0.461. The number of hydrogen-bond donors (Lipinski definition) is 2. The minimum absolute atomic E-state index is 0.0811. The van der Waals surface area contributed by atoms with Crippen LogP contribution in [-0.4, -0.2) is 30.9 Å². The Hall–Kier alpha value is -4.14. The molecule has 1 aromatic carbocycles. The van der Waals surface area contributed by atoms with Crippen molar-refractivity contribution in [3.05, 3.63) is 98.6 Å². The molecule has 0 aliphatic heterocycles. The van der Waals surface area contributed by atoms with Gasteiger partial charge in [-0.3, -0.25) is 19.4 Å². The van der Waals surface area contributed by atoms with Gasteiger partial charge in [0, 0.05) is 23.8 Å². The molecule has 0 radical (unpaired) electrons. The fourth-order valence-electron chi connectivity index (χ4n) is 2.93. The number of H-pyrrole nitrogens is 1. The summed E-state index contributed by atoms with van der Waals surface area (Å²) < 4.78 is 1.36. The second-order valence-corrected chi connectivity index (χ2v) is 6.31. The lowest BCUT2D eigenvalue weighted by atomic mass is 10.1. The molecule has 3 heterocycles. The number of carbonyl (C=O) groups is 1. The highest BCUT2D eigenvalue weighted by molar-refractivity contribution is 5.92. The zero-order chi connectivity index (χ0) is 20.2. The summed E-state index contributed by atoms with van der Waals surface area (Å²) >= 11 is 0. The molecule has 4 rings (SSSR count). The van der Waals surface area contributed by atoms with E-state index >= 15 is 0 Å². The van der Waals surface area contributed by atoms with Crippen LogP contribution < -0.4 is 16.4 Å². The number of pyridine rings is 1. The summed E-state index contributed by atoms with van der Waals surface area (Å²) in [7, 11) is 0. The van der Waals surface area contributed by atoms with E-state index in [-0.39, 0.29) is 24.3 Å². The fraction of sp³-hybridized carbons (Fsp3) is 0.100. The molecule has 4 aromatic rings. The molecule has 0 aliphatic carbocycles. The molecule has 144 valence electrons. The molecule has 0 aliphatic rings. The molecule has 2 N–H and O–H groups in total. The lowest BCUT2D eigenvalue weighted by Gasteiger charge is -2.12. The van der Waals surface area contributed by atoms with Crippen molar-refractivity contribution in [3.63, 3.8) is 0 Å². The quantitative estimate of drug-likeness (QED) is 0.523. The molecule has 0 unspecified atom stereocenters. The Kier molecular flexibility index (Phi) is 4.93. The second-order valence-electron chi connectivity index (χ2n) is 6.31. The van der Waals surface area contributed by atoms with Crippen LogP contribution in [-0.2, 0) is 13.1 Å². The number of benzene rings is 1. The Morgan fingerprint density at radius 3 is 2.59 bits per heavy atom. The largest absolute Gasteiger partial charge is 0.345 e. The molecule has 1 amide bonds. The molecule has 9 heteroatoms. The molecule has 0 spiro atoms. The monoisotopic (exact) mass is 388 g/mol. The van der Waals surface area contributed by atoms with E-state index in [1.54, 1.807) is 36.7 Å². The lowest BCUT2D eigenvalue weighted by molar-refractivity contribution is 0.0944. The predicted octanol–water partition coefficient (Wildman–Crippen LogP) is 0.853. The van der Waals surface area contributed by atoms with Gasteiger partial charge in [-0.05, 0) is 23.8 Å². The summed E-state index contributed by atoms with van der Waals surface area (Å²) in [5, 5.41) is 14.3. The molecule has 3 aromatic heterocycles. The van der Waals surface area contributed by atoms with E-state index in [0.717, 1.165) is 5.56 Å². The van der Waals surface area contributed by atoms with Crippen molar-refractivity contribution in [3.8, 4) is 0 Å². The molecule has 9 nitrogen and oxygen atoms in total. The van der Waals surface area contributed by atoms with Crippen molar-refractivity contribution in [2.75, 3.05) is 0 Å². The van der Waals surface area contributed by atoms with Gasteiger partial charge in [-0.2, -0.15) is 10.2 Å². The smallest absolute Gasteiger partial charge is 0.274 e. The van der Waals surface area contributed by atoms with E-state index in [0.29, 0.717) is 16.5 Å². The van der Waals surface area contributed by atoms with Gasteiger partial charge in [-0.15, -0.1) is 0 Å². The average Bonchev–Trinajstić information content (AvgIpc) is 2.76. The number of hydrogen-bond acceptors (Lipinski definition) is 6. The number of aromatic nitrogens is 5. The highest BCUT2D eigenvalue weighted by Gasteiger charge is 2.13. The third-order valence-corrected chi connectivity index (χ3v) is 4.33. The van der Waals surface area contributed by atoms with Crippen molar-refractivity contribution in [2.45, 2.75) is 13.1 Å². The van der Waals surface area contributed by atoms with Crippen molar-refractivity contribution in [2.24, 2.45) is 0 Å². The van der Waals surface area contributed by atoms with E-state index in [9.17, 15) is 14.4 Å². The number of aromatic amines is 1. The van der Waals surface area contributed by atoms with Gasteiger partial charge in [0.1, 0.15) is 5.69 Å². The molecule has 29 heavy (non-hydrogen) atoms. The zero-order valence-corrected chi connectivity index (χ0v) is 15.2. The molecular weight excluding hydrogens is 372 g/mol. The number of rotatable bonds is 5. The molecule has 0 bridgehead atoms. The first-order valence-electron chi connectivity index (χ1n) is 8.83. The van der Waals surface area contributed by atoms with E-state index in [2.05, 4.69) is 25.6 Å². The topological polar surface area (TPSA) is 123 Å². The fourth-order valence-corrected chi connectivity index (χ4v) is 2.93. The lowest BCUT2D eigenvalue weighted by Crippen LogP contribution is -2.29. The number of nitrogens with zero attached hydrogens (tertiary/aromatic N) is 4. The number of nitrogens with one attached hydrogen (secondary N) is 2. The van der Waals surface area contributed by atoms with Gasteiger partial charge in [0.25, 0.3) is 17.0 Å². The first kappa shape index (κ1) is 18.2. The van der Waals surface area contributed by atoms with Gasteiger partial charge < -0.3 is 5.32 Å². The molecule has 0 atom stereocenters. The zero-order valence-electron chi connectivity index (χ0n) is 15.2. The maximum atomic E-state index is 12.8. The molecule has 0 saturated carbocycles. The van der Waals surface area contributed by atoms with Crippen LogP contribution in [0.3, 0.4) is 0 Å². The van der Waals surface area contributed by atoms with Crippen LogP contribution in [0.15, 0.2) is 70.5 Å². The van der Waals surface area contributed by atoms with E-state index in [4.69, 9.17) is 0 Å². The third kappa shape index (κ3) is 3.93. The Morgan fingerprint density at radius 1 is 1.03 bits per heavy atom. The summed E-state index contributed by atoms with van der Waals surface area (Å²) in [6.45, 7) is 0.355. The predicted molar refractivity (Wildman–Crippen MR) is 105 cm³/mol. The van der Waals surface area contributed by atoms with Gasteiger partial charge >= 0.3 is 0 Å². The molecule has 0 fully saturated rings. The Labute approximate surface area is 164 Å². The maximum Gasteiger partial charge on any atom is 0.274 e. The maximum absolute atomic E-state index is 12.8. The average molecular weight is 388 g/mol. The normalized spacial score (nSPS) is 10.8. The third-order valence-electron chi connectivity index (χ3n) is 4.33. The van der Waals surface area contributed by atoms with Gasteiger partial charge in [0.05, 0.1) is 24.2 Å². The first-order valence-corrected chi connectivity index (χ1v) is 8.83. The SMILES string of the molecule is O=C(NCc1nn(Cc2cccnc2)c(=O)c2ccccc12)c1ccc(=O)[nH]n1. The minimum Gasteiger partial charge on any atom is -0.345 e. The van der Waals surface area contributed by atoms with Gasteiger partial charge in [0.15, 0.2) is 0 Å². The second kappa shape index (κ2) is 7.85. The van der Waals surface area contributed by atoms with Crippen LogP contribution in [0, 0.1) is 0 Å². The van der Waals surface area contributed by atoms with Crippen LogP contribution in [0.25, 0.3) is 10.8 Å². The number of fused-ring (bicyclic) bond motifs is 1. The number of carbonyl (C=O) groups excluding carboxylic acids is 1. The Morgan fingerprint density at radius 2 is 1.86 bits per heavy atom.